The number of nitrogens with one attached hydrogen (secondary N) is 1. The van der Waals surface area contributed by atoms with E-state index in [0.717, 1.165) is 29.5 Å². The van der Waals surface area contributed by atoms with Gasteiger partial charge in [0.05, 0.1) is 16.0 Å². The smallest absolute Gasteiger partial charge is 0.0576 e. The Labute approximate surface area is 130 Å². The fourth-order valence-corrected chi connectivity index (χ4v) is 4.55. The molecule has 1 N–H and O–H groups in total. The predicted molar refractivity (Wildman–Crippen MR) is 92.2 cm³/mol. The zero-order valence-corrected chi connectivity index (χ0v) is 14.0. The van der Waals surface area contributed by atoms with Gasteiger partial charge in [0.1, 0.15) is 0 Å². The molecule has 0 saturated carbocycles. The first-order valence-corrected chi connectivity index (χ1v) is 8.99. The zero-order chi connectivity index (χ0) is 15.2. The molecule has 0 heterocycles. The van der Waals surface area contributed by atoms with Gasteiger partial charge in [-0.05, 0) is 42.8 Å². The molecule has 0 aliphatic carbocycles. The average molecular weight is 303 g/mol. The van der Waals surface area contributed by atoms with Crippen LogP contribution in [0.4, 0.5) is 0 Å². The standard InChI is InChI=1S/C18H25NOS/c1-4-8-17(19-3)18(5-2)21(20)16-12-11-14-9-6-7-10-15(14)13-16/h6-7,9-13,17-19H,4-5,8H2,1-3H3. The molecule has 0 amide bonds. The summed E-state index contributed by atoms with van der Waals surface area (Å²) in [5.41, 5.74) is 0. The van der Waals surface area contributed by atoms with Crippen molar-refractivity contribution in [1.82, 2.24) is 5.32 Å². The van der Waals surface area contributed by atoms with Crippen molar-refractivity contribution in [3.8, 4) is 0 Å². The van der Waals surface area contributed by atoms with Gasteiger partial charge in [0.15, 0.2) is 0 Å². The van der Waals surface area contributed by atoms with Crippen molar-refractivity contribution in [3.05, 3.63) is 42.5 Å². The van der Waals surface area contributed by atoms with Gasteiger partial charge in [-0.2, -0.15) is 0 Å². The Balaban J connectivity index is 2.30. The highest BCUT2D eigenvalue weighted by molar-refractivity contribution is 7.85. The van der Waals surface area contributed by atoms with Crippen LogP contribution in [0.3, 0.4) is 0 Å². The van der Waals surface area contributed by atoms with Crippen LogP contribution in [-0.4, -0.2) is 22.5 Å². The van der Waals surface area contributed by atoms with E-state index in [9.17, 15) is 4.21 Å². The molecule has 2 aromatic carbocycles. The normalized spacial score (nSPS) is 15.8. The van der Waals surface area contributed by atoms with Gasteiger partial charge in [0, 0.05) is 10.9 Å². The molecule has 0 aromatic heterocycles. The van der Waals surface area contributed by atoms with E-state index < -0.39 is 10.8 Å². The van der Waals surface area contributed by atoms with Crippen molar-refractivity contribution in [2.45, 2.75) is 49.3 Å². The monoisotopic (exact) mass is 303 g/mol. The fourth-order valence-electron chi connectivity index (χ4n) is 2.88. The third kappa shape index (κ3) is 3.72. The summed E-state index contributed by atoms with van der Waals surface area (Å²) in [6.45, 7) is 4.31. The van der Waals surface area contributed by atoms with Crippen molar-refractivity contribution < 1.29 is 4.21 Å². The highest BCUT2D eigenvalue weighted by Gasteiger charge is 2.24. The lowest BCUT2D eigenvalue weighted by molar-refractivity contribution is 0.481. The molecule has 21 heavy (non-hydrogen) atoms. The molecular formula is C18H25NOS. The second-order valence-electron chi connectivity index (χ2n) is 5.44. The van der Waals surface area contributed by atoms with E-state index in [1.54, 1.807) is 0 Å². The van der Waals surface area contributed by atoms with E-state index >= 15 is 0 Å². The minimum absolute atomic E-state index is 0.163. The van der Waals surface area contributed by atoms with Gasteiger partial charge in [-0.3, -0.25) is 4.21 Å². The van der Waals surface area contributed by atoms with Crippen LogP contribution in [0.2, 0.25) is 0 Å². The van der Waals surface area contributed by atoms with E-state index in [0.29, 0.717) is 6.04 Å². The van der Waals surface area contributed by atoms with E-state index in [-0.39, 0.29) is 5.25 Å². The minimum atomic E-state index is -0.971. The molecule has 2 rings (SSSR count). The van der Waals surface area contributed by atoms with E-state index in [4.69, 9.17) is 0 Å². The Morgan fingerprint density at radius 1 is 1.10 bits per heavy atom. The van der Waals surface area contributed by atoms with Crippen LogP contribution < -0.4 is 5.32 Å². The second kappa shape index (κ2) is 7.71. The van der Waals surface area contributed by atoms with E-state index in [1.807, 2.05) is 25.2 Å². The van der Waals surface area contributed by atoms with Crippen molar-refractivity contribution in [1.29, 1.82) is 0 Å². The summed E-state index contributed by atoms with van der Waals surface area (Å²) < 4.78 is 13.0. The summed E-state index contributed by atoms with van der Waals surface area (Å²) >= 11 is 0. The lowest BCUT2D eigenvalue weighted by atomic mass is 10.1. The molecule has 2 nitrogen and oxygen atoms in total. The summed E-state index contributed by atoms with van der Waals surface area (Å²) in [7, 11) is 1.00. The molecule has 3 unspecified atom stereocenters. The van der Waals surface area contributed by atoms with Gasteiger partial charge in [0.2, 0.25) is 0 Å². The summed E-state index contributed by atoms with van der Waals surface area (Å²) in [6, 6.07) is 14.7. The van der Waals surface area contributed by atoms with Gasteiger partial charge < -0.3 is 5.32 Å². The van der Waals surface area contributed by atoms with Crippen LogP contribution in [0.5, 0.6) is 0 Å². The summed E-state index contributed by atoms with van der Waals surface area (Å²) in [5, 5.41) is 5.87. The van der Waals surface area contributed by atoms with Crippen molar-refractivity contribution in [2.75, 3.05) is 7.05 Å². The third-order valence-corrected chi connectivity index (χ3v) is 5.98. The Morgan fingerprint density at radius 3 is 2.43 bits per heavy atom. The summed E-state index contributed by atoms with van der Waals surface area (Å²) in [4.78, 5) is 0.942. The number of fused-ring (bicyclic) bond motifs is 1. The number of rotatable bonds is 7. The molecule has 0 aliphatic heterocycles. The van der Waals surface area contributed by atoms with Crippen LogP contribution >= 0.6 is 0 Å². The van der Waals surface area contributed by atoms with Crippen molar-refractivity contribution in [2.24, 2.45) is 0 Å². The SMILES string of the molecule is CCCC(NC)C(CC)S(=O)c1ccc2ccccc2c1. The molecule has 0 spiro atoms. The molecule has 2 aromatic rings. The lowest BCUT2D eigenvalue weighted by Crippen LogP contribution is -2.39. The molecule has 0 radical (unpaired) electrons. The quantitative estimate of drug-likeness (QED) is 0.834. The van der Waals surface area contributed by atoms with Crippen LogP contribution in [0.15, 0.2) is 47.4 Å². The fraction of sp³-hybridized carbons (Fsp3) is 0.444. The highest BCUT2D eigenvalue weighted by atomic mass is 32.2. The van der Waals surface area contributed by atoms with Gasteiger partial charge >= 0.3 is 0 Å². The Kier molecular flexibility index (Phi) is 5.95. The van der Waals surface area contributed by atoms with E-state index in [2.05, 4.69) is 43.4 Å². The Bertz CT molecular complexity index is 611. The maximum Gasteiger partial charge on any atom is 0.0576 e. The van der Waals surface area contributed by atoms with Gasteiger partial charge in [-0.25, -0.2) is 0 Å². The number of hydrogen-bond donors (Lipinski definition) is 1. The second-order valence-corrected chi connectivity index (χ2v) is 7.11. The topological polar surface area (TPSA) is 29.1 Å². The summed E-state index contributed by atoms with van der Waals surface area (Å²) in [6.07, 6.45) is 3.09. The minimum Gasteiger partial charge on any atom is -0.316 e. The first-order valence-electron chi connectivity index (χ1n) is 7.77. The summed E-state index contributed by atoms with van der Waals surface area (Å²) in [5.74, 6) is 0. The molecule has 0 aliphatic rings. The first kappa shape index (κ1) is 16.2. The van der Waals surface area contributed by atoms with Crippen molar-refractivity contribution >= 4 is 21.6 Å². The van der Waals surface area contributed by atoms with Gasteiger partial charge in [-0.1, -0.05) is 50.6 Å². The van der Waals surface area contributed by atoms with Crippen LogP contribution in [-0.2, 0) is 10.8 Å². The Hall–Kier alpha value is -1.19. The molecular weight excluding hydrogens is 278 g/mol. The van der Waals surface area contributed by atoms with Gasteiger partial charge in [-0.15, -0.1) is 0 Å². The molecule has 3 atom stereocenters. The maximum absolute atomic E-state index is 13.0. The molecule has 0 bridgehead atoms. The number of hydrogen-bond acceptors (Lipinski definition) is 2. The molecule has 3 heteroatoms. The maximum atomic E-state index is 13.0. The van der Waals surface area contributed by atoms with Gasteiger partial charge in [0.25, 0.3) is 0 Å². The predicted octanol–water partition coefficient (Wildman–Crippen LogP) is 4.11. The lowest BCUT2D eigenvalue weighted by Gasteiger charge is -2.25. The van der Waals surface area contributed by atoms with Crippen LogP contribution in [0.1, 0.15) is 33.1 Å². The molecule has 114 valence electrons. The number of benzene rings is 2. The molecule has 0 saturated heterocycles. The first-order chi connectivity index (χ1) is 10.2. The third-order valence-electron chi connectivity index (χ3n) is 4.05. The van der Waals surface area contributed by atoms with Crippen LogP contribution in [0, 0.1) is 0 Å². The highest BCUT2D eigenvalue weighted by Crippen LogP contribution is 2.23. The largest absolute Gasteiger partial charge is 0.316 e. The van der Waals surface area contributed by atoms with E-state index in [1.165, 1.54) is 5.39 Å². The van der Waals surface area contributed by atoms with Crippen molar-refractivity contribution in [3.63, 3.8) is 0 Å². The Morgan fingerprint density at radius 2 is 1.81 bits per heavy atom. The average Bonchev–Trinajstić information content (AvgIpc) is 2.54. The molecule has 0 fully saturated rings. The zero-order valence-electron chi connectivity index (χ0n) is 13.1. The van der Waals surface area contributed by atoms with Crippen LogP contribution in [0.25, 0.3) is 10.8 Å².